The van der Waals surface area contributed by atoms with E-state index >= 15 is 0 Å². The number of benzene rings is 3. The normalized spacial score (nSPS) is 10.9. The second-order valence-corrected chi connectivity index (χ2v) is 9.06. The molecule has 0 bridgehead atoms. The molecule has 2 amide bonds. The van der Waals surface area contributed by atoms with Crippen LogP contribution in [0.3, 0.4) is 0 Å². The molecule has 9 heteroatoms. The van der Waals surface area contributed by atoms with E-state index in [2.05, 4.69) is 17.6 Å². The summed E-state index contributed by atoms with van der Waals surface area (Å²) in [4.78, 5) is 51.7. The van der Waals surface area contributed by atoms with Gasteiger partial charge in [-0.3, -0.25) is 19.0 Å². The van der Waals surface area contributed by atoms with Gasteiger partial charge in [0.25, 0.3) is 5.56 Å². The van der Waals surface area contributed by atoms with E-state index in [9.17, 15) is 19.2 Å². The molecule has 3 aromatic carbocycles. The van der Waals surface area contributed by atoms with Crippen molar-refractivity contribution < 1.29 is 9.59 Å². The number of anilines is 1. The molecule has 190 valence electrons. The van der Waals surface area contributed by atoms with Gasteiger partial charge in [0.05, 0.1) is 23.0 Å². The summed E-state index contributed by atoms with van der Waals surface area (Å²) < 4.78 is 2.32. The van der Waals surface area contributed by atoms with E-state index in [-0.39, 0.29) is 18.9 Å². The van der Waals surface area contributed by atoms with Crippen LogP contribution in [0.2, 0.25) is 5.02 Å². The standard InChI is InChI=1S/C28H27ClN4O4/c1-2-3-16-30-25(34)17-19-8-14-22(15-9-19)33-27(36)23-6-4-5-7-24(23)32(28(33)37)18-26(35)31-21-12-10-20(29)11-13-21/h4-15H,2-3,16-18H2,1H3,(H,30,34)(H,31,35). The molecule has 37 heavy (non-hydrogen) atoms. The smallest absolute Gasteiger partial charge is 0.336 e. The van der Waals surface area contributed by atoms with Crippen LogP contribution in [0.1, 0.15) is 25.3 Å². The molecule has 2 N–H and O–H groups in total. The van der Waals surface area contributed by atoms with Crippen molar-refractivity contribution >= 4 is 40.0 Å². The highest BCUT2D eigenvalue weighted by atomic mass is 35.5. The highest BCUT2D eigenvalue weighted by molar-refractivity contribution is 6.30. The van der Waals surface area contributed by atoms with Crippen LogP contribution in [0.4, 0.5) is 5.69 Å². The molecule has 8 nitrogen and oxygen atoms in total. The Hall–Kier alpha value is -4.17. The number of hydrogen-bond donors (Lipinski definition) is 2. The van der Waals surface area contributed by atoms with Crippen molar-refractivity contribution in [3.05, 3.63) is 104 Å². The first-order valence-corrected chi connectivity index (χ1v) is 12.4. The van der Waals surface area contributed by atoms with Crippen LogP contribution >= 0.6 is 11.6 Å². The van der Waals surface area contributed by atoms with Gasteiger partial charge < -0.3 is 10.6 Å². The highest BCUT2D eigenvalue weighted by Crippen LogP contribution is 2.15. The summed E-state index contributed by atoms with van der Waals surface area (Å²) in [5.41, 5.74) is 0.881. The summed E-state index contributed by atoms with van der Waals surface area (Å²) in [6.45, 7) is 2.39. The van der Waals surface area contributed by atoms with Crippen LogP contribution in [0.5, 0.6) is 0 Å². The Morgan fingerprint density at radius 3 is 2.30 bits per heavy atom. The van der Waals surface area contributed by atoms with Gasteiger partial charge >= 0.3 is 5.69 Å². The predicted octanol–water partition coefficient (Wildman–Crippen LogP) is 3.90. The Kier molecular flexibility index (Phi) is 8.20. The lowest BCUT2D eigenvalue weighted by molar-refractivity contribution is -0.120. The number of amides is 2. The molecule has 1 heterocycles. The number of unbranched alkanes of at least 4 members (excludes halogenated alkanes) is 1. The summed E-state index contributed by atoms with van der Waals surface area (Å²) in [7, 11) is 0. The van der Waals surface area contributed by atoms with Gasteiger partial charge in [0.15, 0.2) is 0 Å². The van der Waals surface area contributed by atoms with E-state index in [0.717, 1.165) is 23.0 Å². The molecular formula is C28H27ClN4O4. The summed E-state index contributed by atoms with van der Waals surface area (Å²) in [5, 5.41) is 6.46. The van der Waals surface area contributed by atoms with Crippen molar-refractivity contribution in [3.63, 3.8) is 0 Å². The number of rotatable bonds is 9. The molecule has 0 aliphatic heterocycles. The first-order valence-electron chi connectivity index (χ1n) is 12.0. The Balaban J connectivity index is 1.65. The second-order valence-electron chi connectivity index (χ2n) is 8.63. The number of carbonyl (C=O) groups is 2. The average molecular weight is 519 g/mol. The first kappa shape index (κ1) is 25.9. The fraction of sp³-hybridized carbons (Fsp3) is 0.214. The monoisotopic (exact) mass is 518 g/mol. The molecule has 0 radical (unpaired) electrons. The molecule has 4 aromatic rings. The first-order chi connectivity index (χ1) is 17.9. The molecule has 0 saturated carbocycles. The van der Waals surface area contributed by atoms with Gasteiger partial charge in [-0.05, 0) is 60.5 Å². The summed E-state index contributed by atoms with van der Waals surface area (Å²) in [6, 6.07) is 20.0. The van der Waals surface area contributed by atoms with Gasteiger partial charge in [0.1, 0.15) is 6.54 Å². The third kappa shape index (κ3) is 6.16. The molecule has 0 aliphatic rings. The highest BCUT2D eigenvalue weighted by Gasteiger charge is 2.17. The molecule has 0 unspecified atom stereocenters. The van der Waals surface area contributed by atoms with Crippen LogP contribution in [0.25, 0.3) is 16.6 Å². The van der Waals surface area contributed by atoms with E-state index < -0.39 is 17.2 Å². The molecule has 0 atom stereocenters. The fourth-order valence-electron chi connectivity index (χ4n) is 3.99. The topological polar surface area (TPSA) is 102 Å². The lowest BCUT2D eigenvalue weighted by atomic mass is 10.1. The number of nitrogens with zero attached hydrogens (tertiary/aromatic N) is 2. The Labute approximate surface area is 218 Å². The van der Waals surface area contributed by atoms with Crippen LogP contribution < -0.4 is 21.9 Å². The maximum atomic E-state index is 13.5. The number of halogens is 1. The Bertz CT molecular complexity index is 1540. The molecule has 0 saturated heterocycles. The van der Waals surface area contributed by atoms with Gasteiger partial charge in [-0.25, -0.2) is 9.36 Å². The van der Waals surface area contributed by atoms with Crippen molar-refractivity contribution in [2.24, 2.45) is 0 Å². The van der Waals surface area contributed by atoms with Gasteiger partial charge in [-0.2, -0.15) is 0 Å². The number of carbonyl (C=O) groups excluding carboxylic acids is 2. The third-order valence-electron chi connectivity index (χ3n) is 5.89. The molecule has 0 spiro atoms. The van der Waals surface area contributed by atoms with Crippen molar-refractivity contribution in [3.8, 4) is 5.69 Å². The lowest BCUT2D eigenvalue weighted by Crippen LogP contribution is -2.40. The minimum atomic E-state index is -0.639. The molecular weight excluding hydrogens is 492 g/mol. The fourth-order valence-corrected chi connectivity index (χ4v) is 4.12. The van der Waals surface area contributed by atoms with Crippen LogP contribution in [0, 0.1) is 0 Å². The van der Waals surface area contributed by atoms with E-state index in [1.54, 1.807) is 72.8 Å². The van der Waals surface area contributed by atoms with Gasteiger partial charge in [-0.1, -0.05) is 49.2 Å². The number of aromatic nitrogens is 2. The van der Waals surface area contributed by atoms with Gasteiger partial charge in [0.2, 0.25) is 11.8 Å². The summed E-state index contributed by atoms with van der Waals surface area (Å²) in [5.74, 6) is -0.512. The molecule has 0 fully saturated rings. The minimum absolute atomic E-state index is 0.0851. The Morgan fingerprint density at radius 2 is 1.59 bits per heavy atom. The van der Waals surface area contributed by atoms with Crippen molar-refractivity contribution in [1.29, 1.82) is 0 Å². The van der Waals surface area contributed by atoms with Crippen molar-refractivity contribution in [1.82, 2.24) is 14.5 Å². The zero-order valence-corrected chi connectivity index (χ0v) is 21.1. The number of nitrogens with one attached hydrogen (secondary N) is 2. The maximum Gasteiger partial charge on any atom is 0.336 e. The van der Waals surface area contributed by atoms with Crippen molar-refractivity contribution in [2.75, 3.05) is 11.9 Å². The molecule has 1 aromatic heterocycles. The van der Waals surface area contributed by atoms with E-state index in [4.69, 9.17) is 11.6 Å². The van der Waals surface area contributed by atoms with Crippen LogP contribution in [-0.4, -0.2) is 27.5 Å². The number of fused-ring (bicyclic) bond motifs is 1. The quantitative estimate of drug-likeness (QED) is 0.328. The largest absolute Gasteiger partial charge is 0.356 e. The average Bonchev–Trinajstić information content (AvgIpc) is 2.89. The number of hydrogen-bond acceptors (Lipinski definition) is 4. The third-order valence-corrected chi connectivity index (χ3v) is 6.14. The SMILES string of the molecule is CCCCNC(=O)Cc1ccc(-n2c(=O)c3ccccc3n(CC(=O)Nc3ccc(Cl)cc3)c2=O)cc1. The van der Waals surface area contributed by atoms with Crippen LogP contribution in [-0.2, 0) is 22.6 Å². The second kappa shape index (κ2) is 11.7. The lowest BCUT2D eigenvalue weighted by Gasteiger charge is -2.14. The number of para-hydroxylation sites is 1. The van der Waals surface area contributed by atoms with Gasteiger partial charge in [0, 0.05) is 17.3 Å². The van der Waals surface area contributed by atoms with E-state index in [1.165, 1.54) is 4.57 Å². The predicted molar refractivity (Wildman–Crippen MR) is 146 cm³/mol. The Morgan fingerprint density at radius 1 is 0.892 bits per heavy atom. The summed E-state index contributed by atoms with van der Waals surface area (Å²) in [6.07, 6.45) is 2.11. The van der Waals surface area contributed by atoms with E-state index in [0.29, 0.717) is 33.8 Å². The summed E-state index contributed by atoms with van der Waals surface area (Å²) >= 11 is 5.90. The molecule has 0 aliphatic carbocycles. The van der Waals surface area contributed by atoms with E-state index in [1.807, 2.05) is 0 Å². The van der Waals surface area contributed by atoms with Gasteiger partial charge in [-0.15, -0.1) is 0 Å². The minimum Gasteiger partial charge on any atom is -0.356 e. The molecule has 4 rings (SSSR count). The van der Waals surface area contributed by atoms with Crippen LogP contribution in [0.15, 0.2) is 82.4 Å². The zero-order valence-electron chi connectivity index (χ0n) is 20.4. The zero-order chi connectivity index (χ0) is 26.4. The van der Waals surface area contributed by atoms with Crippen molar-refractivity contribution in [2.45, 2.75) is 32.7 Å². The maximum absolute atomic E-state index is 13.5.